The Morgan fingerprint density at radius 1 is 1.24 bits per heavy atom. The topological polar surface area (TPSA) is 65.4 Å². The number of hydrogen-bond acceptors (Lipinski definition) is 4. The summed E-state index contributed by atoms with van der Waals surface area (Å²) in [6.45, 7) is 1.94. The monoisotopic (exact) mass is 342 g/mol. The molecule has 0 atom stereocenters. The molecule has 128 valence electrons. The summed E-state index contributed by atoms with van der Waals surface area (Å²) in [4.78, 5) is 4.07. The van der Waals surface area contributed by atoms with E-state index in [1.54, 1.807) is 12.4 Å². The van der Waals surface area contributed by atoms with E-state index >= 15 is 0 Å². The van der Waals surface area contributed by atoms with E-state index in [0.717, 1.165) is 29.0 Å². The number of nitrogens with two attached hydrogens (primary N) is 1. The van der Waals surface area contributed by atoms with Crippen LogP contribution in [0.15, 0.2) is 53.8 Å². The van der Waals surface area contributed by atoms with Crippen molar-refractivity contribution in [2.75, 3.05) is 5.73 Å². The number of rotatable bonds is 5. The van der Waals surface area contributed by atoms with E-state index in [2.05, 4.69) is 10.1 Å². The van der Waals surface area contributed by atoms with Gasteiger partial charge in [0.15, 0.2) is 11.6 Å². The molecule has 0 fully saturated rings. The number of benzene rings is 2. The molecule has 0 aliphatic rings. The van der Waals surface area contributed by atoms with Crippen molar-refractivity contribution in [3.8, 4) is 5.75 Å². The molecule has 0 saturated carbocycles. The van der Waals surface area contributed by atoms with E-state index in [1.807, 2.05) is 31.2 Å². The maximum absolute atomic E-state index is 13.7. The second kappa shape index (κ2) is 7.12. The molecule has 5 nitrogen and oxygen atoms in total. The minimum Gasteiger partial charge on any atom is -0.486 e. The van der Waals surface area contributed by atoms with E-state index in [9.17, 15) is 8.78 Å². The molecular formula is C18H16F2N4O. The van der Waals surface area contributed by atoms with Gasteiger partial charge in [-0.05, 0) is 24.6 Å². The maximum Gasteiger partial charge on any atom is 0.221 e. The van der Waals surface area contributed by atoms with Crippen molar-refractivity contribution in [1.29, 1.82) is 0 Å². The first-order valence-corrected chi connectivity index (χ1v) is 7.54. The summed E-state index contributed by atoms with van der Waals surface area (Å²) in [7, 11) is 0. The van der Waals surface area contributed by atoms with E-state index < -0.39 is 11.6 Å². The number of nitrogens with zero attached hydrogens (tertiary/aromatic N) is 3. The summed E-state index contributed by atoms with van der Waals surface area (Å²) in [6, 6.07) is 10.6. The highest BCUT2D eigenvalue weighted by Crippen LogP contribution is 2.19. The van der Waals surface area contributed by atoms with Gasteiger partial charge in [-0.1, -0.05) is 24.3 Å². The molecule has 0 spiro atoms. The molecule has 0 unspecified atom stereocenters. The van der Waals surface area contributed by atoms with Gasteiger partial charge in [0, 0.05) is 11.6 Å². The third-order valence-electron chi connectivity index (χ3n) is 3.49. The third-order valence-corrected chi connectivity index (χ3v) is 3.49. The lowest BCUT2D eigenvalue weighted by molar-refractivity contribution is 0.289. The number of aromatic nitrogens is 2. The minimum atomic E-state index is -0.743. The first-order valence-electron chi connectivity index (χ1n) is 7.54. The maximum atomic E-state index is 13.7. The number of ether oxygens (including phenoxy) is 1. The number of halogens is 2. The van der Waals surface area contributed by atoms with E-state index in [1.165, 1.54) is 10.7 Å². The number of nitrogen functional groups attached to an aromatic ring is 1. The number of aryl methyl sites for hydroxylation is 1. The Balaban J connectivity index is 1.78. The zero-order valence-electron chi connectivity index (χ0n) is 13.5. The molecular weight excluding hydrogens is 326 g/mol. The summed E-state index contributed by atoms with van der Waals surface area (Å²) < 4.78 is 33.5. The predicted octanol–water partition coefficient (Wildman–Crippen LogP) is 3.51. The highest BCUT2D eigenvalue weighted by Gasteiger charge is 2.07. The summed E-state index contributed by atoms with van der Waals surface area (Å²) in [5, 5.41) is 4.27. The molecule has 1 heterocycles. The molecule has 0 aliphatic heterocycles. The van der Waals surface area contributed by atoms with Gasteiger partial charge in [0.1, 0.15) is 12.4 Å². The smallest absolute Gasteiger partial charge is 0.221 e. The second-order valence-electron chi connectivity index (χ2n) is 5.39. The number of imidazole rings is 1. The van der Waals surface area contributed by atoms with Crippen molar-refractivity contribution in [3.63, 3.8) is 0 Å². The summed E-state index contributed by atoms with van der Waals surface area (Å²) >= 11 is 0. The van der Waals surface area contributed by atoms with Crippen LogP contribution in [0.4, 0.5) is 14.7 Å². The Morgan fingerprint density at radius 3 is 2.76 bits per heavy atom. The lowest BCUT2D eigenvalue weighted by atomic mass is 10.1. The van der Waals surface area contributed by atoms with Crippen molar-refractivity contribution in [3.05, 3.63) is 77.1 Å². The van der Waals surface area contributed by atoms with E-state index in [-0.39, 0.29) is 18.3 Å². The summed E-state index contributed by atoms with van der Waals surface area (Å²) in [5.74, 6) is -1.11. The Bertz CT molecular complexity index is 921. The minimum absolute atomic E-state index is 0.0115. The van der Waals surface area contributed by atoms with Crippen LogP contribution in [0.3, 0.4) is 0 Å². The lowest BCUT2D eigenvalue weighted by Crippen LogP contribution is -2.02. The zero-order chi connectivity index (χ0) is 17.8. The van der Waals surface area contributed by atoms with Gasteiger partial charge in [0.05, 0.1) is 18.1 Å². The van der Waals surface area contributed by atoms with Crippen LogP contribution in [0, 0.1) is 18.6 Å². The van der Waals surface area contributed by atoms with Gasteiger partial charge >= 0.3 is 0 Å². The number of anilines is 1. The van der Waals surface area contributed by atoms with Crippen LogP contribution in [0.25, 0.3) is 0 Å². The fraction of sp³-hybridized carbons (Fsp3) is 0.111. The van der Waals surface area contributed by atoms with Gasteiger partial charge < -0.3 is 10.5 Å². The standard InChI is InChI=1S/C18H16F2N4O/c1-12-10-24(18(21)23-12)22-9-13-4-2-3-5-14(13)11-25-17-7-6-15(19)8-16(17)20/h2-10H,11H2,1H3,(H2,21,23). The van der Waals surface area contributed by atoms with Gasteiger partial charge in [0.2, 0.25) is 5.95 Å². The highest BCUT2D eigenvalue weighted by atomic mass is 19.1. The Kier molecular flexibility index (Phi) is 4.74. The molecule has 7 heteroatoms. The molecule has 3 aromatic rings. The molecule has 0 aliphatic carbocycles. The molecule has 0 amide bonds. The van der Waals surface area contributed by atoms with E-state index in [0.29, 0.717) is 0 Å². The first-order chi connectivity index (χ1) is 12.0. The molecule has 0 bridgehead atoms. The lowest BCUT2D eigenvalue weighted by Gasteiger charge is -2.09. The average Bonchev–Trinajstić information content (AvgIpc) is 2.90. The van der Waals surface area contributed by atoms with E-state index in [4.69, 9.17) is 10.5 Å². The largest absolute Gasteiger partial charge is 0.486 e. The zero-order valence-corrected chi connectivity index (χ0v) is 13.5. The van der Waals surface area contributed by atoms with Crippen molar-refractivity contribution >= 4 is 12.2 Å². The Morgan fingerprint density at radius 2 is 2.04 bits per heavy atom. The van der Waals surface area contributed by atoms with Gasteiger partial charge in [-0.3, -0.25) is 0 Å². The average molecular weight is 342 g/mol. The van der Waals surface area contributed by atoms with Crippen LogP contribution >= 0.6 is 0 Å². The van der Waals surface area contributed by atoms with Crippen LogP contribution in [0.2, 0.25) is 0 Å². The number of hydrogen-bond donors (Lipinski definition) is 1. The van der Waals surface area contributed by atoms with Crippen LogP contribution in [0.1, 0.15) is 16.8 Å². The fourth-order valence-corrected chi connectivity index (χ4v) is 2.26. The summed E-state index contributed by atoms with van der Waals surface area (Å²) in [6.07, 6.45) is 3.33. The van der Waals surface area contributed by atoms with Crippen LogP contribution < -0.4 is 10.5 Å². The predicted molar refractivity (Wildman–Crippen MR) is 91.5 cm³/mol. The molecule has 1 aromatic heterocycles. The van der Waals surface area contributed by atoms with Crippen molar-refractivity contribution in [2.45, 2.75) is 13.5 Å². The van der Waals surface area contributed by atoms with Crippen molar-refractivity contribution in [2.24, 2.45) is 5.10 Å². The normalized spacial score (nSPS) is 11.2. The highest BCUT2D eigenvalue weighted by molar-refractivity contribution is 5.81. The Labute approximate surface area is 143 Å². The van der Waals surface area contributed by atoms with Crippen molar-refractivity contribution in [1.82, 2.24) is 9.66 Å². The molecule has 0 radical (unpaired) electrons. The quantitative estimate of drug-likeness (QED) is 0.722. The molecule has 3 rings (SSSR count). The SMILES string of the molecule is Cc1cn(N=Cc2ccccc2COc2ccc(F)cc2F)c(N)n1. The third kappa shape index (κ3) is 4.00. The van der Waals surface area contributed by atoms with Crippen LogP contribution in [-0.2, 0) is 6.61 Å². The van der Waals surface area contributed by atoms with Gasteiger partial charge in [-0.15, -0.1) is 0 Å². The molecule has 0 saturated heterocycles. The summed E-state index contributed by atoms with van der Waals surface area (Å²) in [5.41, 5.74) is 8.09. The molecule has 2 N–H and O–H groups in total. The van der Waals surface area contributed by atoms with Crippen molar-refractivity contribution < 1.29 is 13.5 Å². The fourth-order valence-electron chi connectivity index (χ4n) is 2.26. The first kappa shape index (κ1) is 16.6. The van der Waals surface area contributed by atoms with Gasteiger partial charge in [0.25, 0.3) is 0 Å². The van der Waals surface area contributed by atoms with Gasteiger partial charge in [-0.25, -0.2) is 18.4 Å². The Hall–Kier alpha value is -3.22. The second-order valence-corrected chi connectivity index (χ2v) is 5.39. The molecule has 25 heavy (non-hydrogen) atoms. The van der Waals surface area contributed by atoms with Crippen LogP contribution in [0.5, 0.6) is 5.75 Å². The van der Waals surface area contributed by atoms with Crippen LogP contribution in [-0.4, -0.2) is 15.9 Å². The van der Waals surface area contributed by atoms with Gasteiger partial charge in [-0.2, -0.15) is 5.10 Å². The molecule has 2 aromatic carbocycles.